The zero-order valence-corrected chi connectivity index (χ0v) is 21.1. The summed E-state index contributed by atoms with van der Waals surface area (Å²) in [5, 5.41) is 6.22. The number of benzene rings is 2. The molecule has 0 saturated carbocycles. The number of nitrogen functional groups attached to an aromatic ring is 1. The highest BCUT2D eigenvalue weighted by atomic mass is 28.4. The molecule has 0 aromatic heterocycles. The van der Waals surface area contributed by atoms with E-state index < -0.39 is 20.0 Å². The Hall–Kier alpha value is -2.51. The first kappa shape index (κ1) is 24.8. The van der Waals surface area contributed by atoms with Gasteiger partial charge in [0, 0.05) is 11.4 Å². The Morgan fingerprint density at radius 2 is 1.65 bits per heavy atom. The maximum Gasteiger partial charge on any atom is 0.412 e. The number of carbonyl (C=O) groups is 1. The van der Waals surface area contributed by atoms with Gasteiger partial charge in [0.2, 0.25) is 0 Å². The number of hydrogen-bond acceptors (Lipinski definition) is 5. The highest BCUT2D eigenvalue weighted by Crippen LogP contribution is 2.37. The van der Waals surface area contributed by atoms with Crippen molar-refractivity contribution in [3.63, 3.8) is 0 Å². The summed E-state index contributed by atoms with van der Waals surface area (Å²) in [6, 6.07) is 13.3. The van der Waals surface area contributed by atoms with Gasteiger partial charge < -0.3 is 20.2 Å². The zero-order valence-electron chi connectivity index (χ0n) is 20.1. The van der Waals surface area contributed by atoms with Gasteiger partial charge in [-0.05, 0) is 74.8 Å². The molecule has 7 heteroatoms. The normalized spacial score (nSPS) is 12.4. The van der Waals surface area contributed by atoms with Gasteiger partial charge in [-0.2, -0.15) is 0 Å². The molecule has 6 nitrogen and oxygen atoms in total. The van der Waals surface area contributed by atoms with Crippen LogP contribution in [-0.2, 0) is 15.8 Å². The Morgan fingerprint density at radius 1 is 1.00 bits per heavy atom. The molecular formula is C24H37N3O3Si. The largest absolute Gasteiger partial charge is 0.444 e. The number of carbonyl (C=O) groups excluding carboxylic acids is 1. The zero-order chi connectivity index (χ0) is 23.4. The minimum atomic E-state index is -1.82. The van der Waals surface area contributed by atoms with E-state index in [1.54, 1.807) is 6.07 Å². The van der Waals surface area contributed by atoms with Crippen molar-refractivity contribution in [1.29, 1.82) is 0 Å². The van der Waals surface area contributed by atoms with E-state index in [0.717, 1.165) is 16.9 Å². The smallest absolute Gasteiger partial charge is 0.412 e. The van der Waals surface area contributed by atoms with Gasteiger partial charge in [0.25, 0.3) is 0 Å². The summed E-state index contributed by atoms with van der Waals surface area (Å²) >= 11 is 0. The first-order valence-corrected chi connectivity index (χ1v) is 13.5. The minimum Gasteiger partial charge on any atom is -0.444 e. The van der Waals surface area contributed by atoms with Crippen LogP contribution in [0, 0.1) is 0 Å². The Morgan fingerprint density at radius 3 is 2.23 bits per heavy atom. The molecule has 0 aliphatic carbocycles. The van der Waals surface area contributed by atoms with Crippen LogP contribution in [-0.4, -0.2) is 20.0 Å². The van der Waals surface area contributed by atoms with Crippen molar-refractivity contribution in [3.8, 4) is 0 Å². The van der Waals surface area contributed by atoms with Crippen LogP contribution in [0.2, 0.25) is 18.1 Å². The molecule has 2 aromatic carbocycles. The van der Waals surface area contributed by atoms with Crippen LogP contribution in [0.4, 0.5) is 27.5 Å². The van der Waals surface area contributed by atoms with E-state index in [0.29, 0.717) is 18.0 Å². The molecule has 0 aliphatic rings. The number of rotatable bonds is 6. The van der Waals surface area contributed by atoms with Crippen LogP contribution < -0.4 is 16.4 Å². The van der Waals surface area contributed by atoms with E-state index in [4.69, 9.17) is 14.9 Å². The lowest BCUT2D eigenvalue weighted by Gasteiger charge is -2.36. The number of nitrogens with one attached hydrogen (secondary N) is 2. The van der Waals surface area contributed by atoms with Crippen molar-refractivity contribution in [3.05, 3.63) is 48.0 Å². The van der Waals surface area contributed by atoms with Crippen LogP contribution in [0.1, 0.15) is 47.1 Å². The predicted octanol–water partition coefficient (Wildman–Crippen LogP) is 6.88. The van der Waals surface area contributed by atoms with E-state index in [-0.39, 0.29) is 5.04 Å². The topological polar surface area (TPSA) is 85.6 Å². The van der Waals surface area contributed by atoms with Gasteiger partial charge in [0.05, 0.1) is 18.0 Å². The standard InChI is InChI=1S/C24H37N3O3Si/c1-23(2,3)30-22(28)27-19-11-9-10-18(15-19)26-21-13-12-17(14-20(21)25)16-29-31(7,8)24(4,5)6/h9-15,26H,16,25H2,1-8H3,(H,27,28). The monoisotopic (exact) mass is 443 g/mol. The van der Waals surface area contributed by atoms with E-state index in [9.17, 15) is 4.79 Å². The van der Waals surface area contributed by atoms with Gasteiger partial charge in [0.1, 0.15) is 5.60 Å². The van der Waals surface area contributed by atoms with E-state index in [2.05, 4.69) is 44.5 Å². The molecule has 170 valence electrons. The quantitative estimate of drug-likeness (QED) is 0.334. The van der Waals surface area contributed by atoms with Gasteiger partial charge >= 0.3 is 6.09 Å². The number of hydrogen-bond donors (Lipinski definition) is 3. The van der Waals surface area contributed by atoms with Crippen LogP contribution >= 0.6 is 0 Å². The number of amides is 1. The highest BCUT2D eigenvalue weighted by molar-refractivity contribution is 6.74. The first-order valence-electron chi connectivity index (χ1n) is 10.6. The second-order valence-electron chi connectivity index (χ2n) is 10.3. The molecule has 4 N–H and O–H groups in total. The fourth-order valence-corrected chi connectivity index (χ4v) is 3.51. The third kappa shape index (κ3) is 7.59. The molecule has 0 heterocycles. The molecule has 2 rings (SSSR count). The molecule has 0 spiro atoms. The molecule has 31 heavy (non-hydrogen) atoms. The van der Waals surface area contributed by atoms with Crippen molar-refractivity contribution in [2.75, 3.05) is 16.4 Å². The summed E-state index contributed by atoms with van der Waals surface area (Å²) in [6.07, 6.45) is -0.491. The second kappa shape index (κ2) is 9.32. The Balaban J connectivity index is 2.05. The summed E-state index contributed by atoms with van der Waals surface area (Å²) < 4.78 is 11.6. The lowest BCUT2D eigenvalue weighted by Crippen LogP contribution is -2.40. The van der Waals surface area contributed by atoms with Gasteiger partial charge in [0.15, 0.2) is 8.32 Å². The highest BCUT2D eigenvalue weighted by Gasteiger charge is 2.37. The average molecular weight is 444 g/mol. The third-order valence-corrected chi connectivity index (χ3v) is 9.79. The van der Waals surface area contributed by atoms with E-state index in [1.165, 1.54) is 0 Å². The van der Waals surface area contributed by atoms with E-state index in [1.807, 2.05) is 57.2 Å². The lowest BCUT2D eigenvalue weighted by molar-refractivity contribution is 0.0636. The summed E-state index contributed by atoms with van der Waals surface area (Å²) in [6.45, 7) is 17.2. The molecule has 2 aromatic rings. The number of nitrogens with two attached hydrogens (primary N) is 1. The van der Waals surface area contributed by atoms with Gasteiger partial charge in [-0.15, -0.1) is 0 Å². The second-order valence-corrected chi connectivity index (χ2v) is 15.1. The molecule has 0 atom stereocenters. The lowest BCUT2D eigenvalue weighted by atomic mass is 10.1. The van der Waals surface area contributed by atoms with Crippen molar-refractivity contribution < 1.29 is 14.0 Å². The van der Waals surface area contributed by atoms with Crippen LogP contribution in [0.5, 0.6) is 0 Å². The molecule has 0 bridgehead atoms. The molecule has 1 amide bonds. The van der Waals surface area contributed by atoms with Crippen molar-refractivity contribution in [1.82, 2.24) is 0 Å². The predicted molar refractivity (Wildman–Crippen MR) is 132 cm³/mol. The fourth-order valence-electron chi connectivity index (χ4n) is 2.55. The number of anilines is 4. The van der Waals surface area contributed by atoms with Gasteiger partial charge in [-0.1, -0.05) is 32.9 Å². The first-order chi connectivity index (χ1) is 14.2. The van der Waals surface area contributed by atoms with E-state index >= 15 is 0 Å². The minimum absolute atomic E-state index is 0.165. The van der Waals surface area contributed by atoms with Crippen molar-refractivity contribution >= 4 is 37.2 Å². The Kier molecular flexibility index (Phi) is 7.44. The van der Waals surface area contributed by atoms with Crippen LogP contribution in [0.25, 0.3) is 0 Å². The van der Waals surface area contributed by atoms with Crippen LogP contribution in [0.3, 0.4) is 0 Å². The summed E-state index contributed by atoms with van der Waals surface area (Å²) in [5.41, 5.74) is 9.67. The fraction of sp³-hybridized carbons (Fsp3) is 0.458. The van der Waals surface area contributed by atoms with Crippen LogP contribution in [0.15, 0.2) is 42.5 Å². The summed E-state index contributed by atoms with van der Waals surface area (Å²) in [7, 11) is -1.82. The molecular weight excluding hydrogens is 406 g/mol. The SMILES string of the molecule is CC(C)(C)OC(=O)Nc1cccc(Nc2ccc(CO[Si](C)(C)C(C)(C)C)cc2N)c1. The van der Waals surface area contributed by atoms with Gasteiger partial charge in [-0.25, -0.2) is 4.79 Å². The molecule has 0 aliphatic heterocycles. The maximum atomic E-state index is 12.0. The van der Waals surface area contributed by atoms with Crippen molar-refractivity contribution in [2.24, 2.45) is 0 Å². The van der Waals surface area contributed by atoms with Crippen molar-refractivity contribution in [2.45, 2.75) is 71.9 Å². The molecule has 0 fully saturated rings. The Labute approximate surface area is 187 Å². The molecule has 0 saturated heterocycles. The number of ether oxygens (including phenoxy) is 1. The average Bonchev–Trinajstić information content (AvgIpc) is 2.60. The maximum absolute atomic E-state index is 12.0. The van der Waals surface area contributed by atoms with Gasteiger partial charge in [-0.3, -0.25) is 5.32 Å². The summed E-state index contributed by atoms with van der Waals surface area (Å²) in [4.78, 5) is 12.0. The molecule has 0 radical (unpaired) electrons. The summed E-state index contributed by atoms with van der Waals surface area (Å²) in [5.74, 6) is 0. The third-order valence-electron chi connectivity index (χ3n) is 5.31. The Bertz CT molecular complexity index is 915. The molecule has 0 unspecified atom stereocenters.